The van der Waals surface area contributed by atoms with Crippen molar-refractivity contribution in [2.75, 3.05) is 32.8 Å². The zero-order valence-corrected chi connectivity index (χ0v) is 13.8. The maximum atomic E-state index is 12.2. The molecule has 0 atom stereocenters. The number of hydrogen-bond acceptors (Lipinski definition) is 5. The molecule has 6 heteroatoms. The summed E-state index contributed by atoms with van der Waals surface area (Å²) in [5.74, 6) is 0.407. The van der Waals surface area contributed by atoms with E-state index in [1.807, 2.05) is 6.20 Å². The van der Waals surface area contributed by atoms with Gasteiger partial charge in [-0.2, -0.15) is 0 Å². The van der Waals surface area contributed by atoms with Crippen molar-refractivity contribution in [3.05, 3.63) is 17.1 Å². The first-order valence-corrected chi connectivity index (χ1v) is 9.08. The van der Waals surface area contributed by atoms with Crippen LogP contribution in [0.4, 0.5) is 0 Å². The maximum Gasteiger partial charge on any atom is 0.223 e. The second-order valence-corrected chi connectivity index (χ2v) is 7.16. The van der Waals surface area contributed by atoms with Gasteiger partial charge in [-0.3, -0.25) is 4.79 Å². The van der Waals surface area contributed by atoms with Crippen molar-refractivity contribution in [2.24, 2.45) is 5.92 Å². The SMILES string of the molecule is O=C(NC1CCN(CCc2ccns2)CC1)C1CCOCC1. The van der Waals surface area contributed by atoms with Crippen molar-refractivity contribution in [3.63, 3.8) is 0 Å². The Morgan fingerprint density at radius 3 is 2.77 bits per heavy atom. The Hall–Kier alpha value is -0.980. The predicted molar refractivity (Wildman–Crippen MR) is 87.0 cm³/mol. The molecular weight excluding hydrogens is 298 g/mol. The molecule has 3 heterocycles. The Bertz CT molecular complexity index is 452. The normalized spacial score (nSPS) is 21.8. The number of carbonyl (C=O) groups excluding carboxylic acids is 1. The summed E-state index contributed by atoms with van der Waals surface area (Å²) in [6.07, 6.45) is 6.84. The molecule has 2 fully saturated rings. The predicted octanol–water partition coefficient (Wildman–Crippen LogP) is 1.69. The third-order valence-electron chi connectivity index (χ3n) is 4.69. The average Bonchev–Trinajstić information content (AvgIpc) is 3.08. The van der Waals surface area contributed by atoms with Crippen LogP contribution in [0.3, 0.4) is 0 Å². The van der Waals surface area contributed by atoms with Crippen LogP contribution < -0.4 is 5.32 Å². The van der Waals surface area contributed by atoms with Gasteiger partial charge in [-0.05, 0) is 49.7 Å². The summed E-state index contributed by atoms with van der Waals surface area (Å²) in [7, 11) is 0. The molecule has 3 rings (SSSR count). The second-order valence-electron chi connectivity index (χ2n) is 6.24. The maximum absolute atomic E-state index is 12.2. The Kier molecular flexibility index (Phi) is 5.81. The van der Waals surface area contributed by atoms with Gasteiger partial charge in [-0.25, -0.2) is 4.37 Å². The van der Waals surface area contributed by atoms with Crippen LogP contribution in [-0.4, -0.2) is 54.1 Å². The Morgan fingerprint density at radius 1 is 1.32 bits per heavy atom. The quantitative estimate of drug-likeness (QED) is 0.896. The zero-order valence-electron chi connectivity index (χ0n) is 13.0. The Morgan fingerprint density at radius 2 is 2.09 bits per heavy atom. The topological polar surface area (TPSA) is 54.5 Å². The van der Waals surface area contributed by atoms with Crippen molar-refractivity contribution in [3.8, 4) is 0 Å². The summed E-state index contributed by atoms with van der Waals surface area (Å²) >= 11 is 1.59. The molecule has 2 aliphatic rings. The highest BCUT2D eigenvalue weighted by Crippen LogP contribution is 2.17. The largest absolute Gasteiger partial charge is 0.381 e. The van der Waals surface area contributed by atoms with Gasteiger partial charge in [-0.1, -0.05) is 0 Å². The molecule has 2 aliphatic heterocycles. The lowest BCUT2D eigenvalue weighted by atomic mass is 9.97. The monoisotopic (exact) mass is 323 g/mol. The molecule has 2 saturated heterocycles. The summed E-state index contributed by atoms with van der Waals surface area (Å²) in [4.78, 5) is 16.1. The van der Waals surface area contributed by atoms with E-state index in [1.54, 1.807) is 11.5 Å². The minimum atomic E-state index is 0.165. The van der Waals surface area contributed by atoms with Crippen LogP contribution in [0.15, 0.2) is 12.3 Å². The van der Waals surface area contributed by atoms with Gasteiger partial charge >= 0.3 is 0 Å². The molecule has 1 aromatic heterocycles. The summed E-state index contributed by atoms with van der Waals surface area (Å²) in [6.45, 7) is 4.72. The molecule has 0 spiro atoms. The van der Waals surface area contributed by atoms with Gasteiger partial charge < -0.3 is 15.0 Å². The number of carbonyl (C=O) groups is 1. The average molecular weight is 323 g/mol. The number of hydrogen-bond donors (Lipinski definition) is 1. The minimum Gasteiger partial charge on any atom is -0.381 e. The van der Waals surface area contributed by atoms with Crippen molar-refractivity contribution < 1.29 is 9.53 Å². The van der Waals surface area contributed by atoms with E-state index in [0.29, 0.717) is 6.04 Å². The molecule has 0 unspecified atom stereocenters. The molecule has 0 radical (unpaired) electrons. The van der Waals surface area contributed by atoms with E-state index >= 15 is 0 Å². The van der Waals surface area contributed by atoms with Gasteiger partial charge in [0, 0.05) is 55.9 Å². The lowest BCUT2D eigenvalue weighted by Gasteiger charge is -2.33. The number of nitrogens with zero attached hydrogens (tertiary/aromatic N) is 2. The van der Waals surface area contributed by atoms with Crippen molar-refractivity contribution in [1.29, 1.82) is 0 Å². The van der Waals surface area contributed by atoms with Gasteiger partial charge in [0.05, 0.1) is 0 Å². The van der Waals surface area contributed by atoms with Crippen LogP contribution in [0.1, 0.15) is 30.6 Å². The molecular formula is C16H25N3O2S. The molecule has 1 aromatic rings. The first-order valence-electron chi connectivity index (χ1n) is 8.31. The highest BCUT2D eigenvalue weighted by atomic mass is 32.1. The molecule has 0 aromatic carbocycles. The van der Waals surface area contributed by atoms with Gasteiger partial charge in [0.1, 0.15) is 0 Å². The summed E-state index contributed by atoms with van der Waals surface area (Å²) < 4.78 is 9.46. The summed E-state index contributed by atoms with van der Waals surface area (Å²) in [6, 6.07) is 2.46. The van der Waals surface area contributed by atoms with Crippen LogP contribution in [0, 0.1) is 5.92 Å². The molecule has 1 amide bonds. The number of rotatable bonds is 5. The Balaban J connectivity index is 1.35. The van der Waals surface area contributed by atoms with Gasteiger partial charge in [0.25, 0.3) is 0 Å². The van der Waals surface area contributed by atoms with E-state index in [2.05, 4.69) is 20.7 Å². The molecule has 22 heavy (non-hydrogen) atoms. The van der Waals surface area contributed by atoms with Gasteiger partial charge in [-0.15, -0.1) is 0 Å². The van der Waals surface area contributed by atoms with Gasteiger partial charge in [0.2, 0.25) is 5.91 Å². The van der Waals surface area contributed by atoms with Crippen molar-refractivity contribution >= 4 is 17.4 Å². The third kappa shape index (κ3) is 4.51. The number of nitrogens with one attached hydrogen (secondary N) is 1. The molecule has 0 aliphatic carbocycles. The fourth-order valence-corrected chi connectivity index (χ4v) is 3.78. The first kappa shape index (κ1) is 15.9. The van der Waals surface area contributed by atoms with E-state index in [9.17, 15) is 4.79 Å². The fourth-order valence-electron chi connectivity index (χ4n) is 3.22. The van der Waals surface area contributed by atoms with E-state index in [1.165, 1.54) is 4.88 Å². The second kappa shape index (κ2) is 8.04. The highest BCUT2D eigenvalue weighted by molar-refractivity contribution is 7.05. The van der Waals surface area contributed by atoms with E-state index in [4.69, 9.17) is 4.74 Å². The number of piperidine rings is 1. The minimum absolute atomic E-state index is 0.165. The van der Waals surface area contributed by atoms with Gasteiger partial charge in [0.15, 0.2) is 0 Å². The van der Waals surface area contributed by atoms with E-state index in [-0.39, 0.29) is 11.8 Å². The number of likely N-dealkylation sites (tertiary alicyclic amines) is 1. The van der Waals surface area contributed by atoms with Crippen molar-refractivity contribution in [1.82, 2.24) is 14.6 Å². The van der Waals surface area contributed by atoms with Crippen LogP contribution in [-0.2, 0) is 16.0 Å². The lowest BCUT2D eigenvalue weighted by molar-refractivity contribution is -0.128. The molecule has 1 N–H and O–H groups in total. The zero-order chi connectivity index (χ0) is 15.2. The molecule has 0 saturated carbocycles. The molecule has 122 valence electrons. The third-order valence-corrected chi connectivity index (χ3v) is 5.49. The standard InChI is InChI=1S/C16H25N3O2S/c20-16(13-5-11-21-12-6-13)18-14-2-8-19(9-3-14)10-4-15-1-7-17-22-15/h1,7,13-14H,2-6,8-12H2,(H,18,20). The fraction of sp³-hybridized carbons (Fsp3) is 0.750. The number of ether oxygens (including phenoxy) is 1. The summed E-state index contributed by atoms with van der Waals surface area (Å²) in [5, 5.41) is 3.25. The smallest absolute Gasteiger partial charge is 0.223 e. The van der Waals surface area contributed by atoms with E-state index in [0.717, 1.165) is 65.0 Å². The first-order chi connectivity index (χ1) is 10.8. The Labute approximate surface area is 136 Å². The van der Waals surface area contributed by atoms with E-state index < -0.39 is 0 Å². The lowest BCUT2D eigenvalue weighted by Crippen LogP contribution is -2.47. The van der Waals surface area contributed by atoms with Crippen LogP contribution >= 0.6 is 11.5 Å². The van der Waals surface area contributed by atoms with Crippen LogP contribution in [0.25, 0.3) is 0 Å². The van der Waals surface area contributed by atoms with Crippen molar-refractivity contribution in [2.45, 2.75) is 38.1 Å². The van der Waals surface area contributed by atoms with Crippen LogP contribution in [0.2, 0.25) is 0 Å². The van der Waals surface area contributed by atoms with Crippen LogP contribution in [0.5, 0.6) is 0 Å². The highest BCUT2D eigenvalue weighted by Gasteiger charge is 2.25. The molecule has 5 nitrogen and oxygen atoms in total. The molecule has 0 bridgehead atoms. The number of amides is 1. The summed E-state index contributed by atoms with van der Waals surface area (Å²) in [5.41, 5.74) is 0. The number of aromatic nitrogens is 1.